The largest absolute Gasteiger partial charge is 0.339 e. The summed E-state index contributed by atoms with van der Waals surface area (Å²) in [5, 5.41) is 14.4. The van der Waals surface area contributed by atoms with E-state index in [0.717, 1.165) is 6.42 Å². The van der Waals surface area contributed by atoms with Crippen molar-refractivity contribution in [1.29, 1.82) is 0 Å². The molecule has 0 amide bonds. The fourth-order valence-corrected chi connectivity index (χ4v) is 1.66. The molecule has 7 heteroatoms. The Kier molecular flexibility index (Phi) is 3.86. The molecular weight excluding hydrogens is 248 g/mol. The minimum absolute atomic E-state index is 0.0315. The summed E-state index contributed by atoms with van der Waals surface area (Å²) in [6, 6.07) is 6.02. The lowest BCUT2D eigenvalue weighted by molar-refractivity contribution is -0.384. The highest BCUT2D eigenvalue weighted by Gasteiger charge is 2.15. The summed E-state index contributed by atoms with van der Waals surface area (Å²) in [7, 11) is 0. The van der Waals surface area contributed by atoms with Crippen molar-refractivity contribution in [2.24, 2.45) is 5.73 Å². The first-order valence-corrected chi connectivity index (χ1v) is 5.90. The van der Waals surface area contributed by atoms with Gasteiger partial charge in [0.25, 0.3) is 5.69 Å². The SMILES string of the molecule is CC(CCN)c1nc(-c2ccc([N+](=O)[O-])cc2)no1. The van der Waals surface area contributed by atoms with Crippen LogP contribution in [-0.4, -0.2) is 21.6 Å². The van der Waals surface area contributed by atoms with Gasteiger partial charge in [0.05, 0.1) is 4.92 Å². The number of hydrogen-bond acceptors (Lipinski definition) is 6. The number of nitrogens with zero attached hydrogens (tertiary/aromatic N) is 3. The monoisotopic (exact) mass is 262 g/mol. The molecule has 2 aromatic rings. The van der Waals surface area contributed by atoms with Gasteiger partial charge in [-0.1, -0.05) is 12.1 Å². The number of nitro benzene ring substituents is 1. The van der Waals surface area contributed by atoms with Crippen LogP contribution in [0.4, 0.5) is 5.69 Å². The van der Waals surface area contributed by atoms with Crippen LogP contribution in [0.1, 0.15) is 25.2 Å². The first kappa shape index (κ1) is 13.2. The first-order valence-electron chi connectivity index (χ1n) is 5.90. The molecule has 0 aliphatic heterocycles. The average Bonchev–Trinajstić information content (AvgIpc) is 2.89. The van der Waals surface area contributed by atoms with Crippen molar-refractivity contribution in [3.8, 4) is 11.4 Å². The molecule has 100 valence electrons. The molecule has 0 radical (unpaired) electrons. The van der Waals surface area contributed by atoms with Crippen LogP contribution in [0.5, 0.6) is 0 Å². The predicted octanol–water partition coefficient (Wildman–Crippen LogP) is 2.10. The molecule has 0 saturated carbocycles. The molecule has 0 bridgehead atoms. The van der Waals surface area contributed by atoms with Crippen LogP contribution >= 0.6 is 0 Å². The highest BCUT2D eigenvalue weighted by Crippen LogP contribution is 2.23. The molecule has 0 aliphatic carbocycles. The average molecular weight is 262 g/mol. The predicted molar refractivity (Wildman–Crippen MR) is 68.5 cm³/mol. The van der Waals surface area contributed by atoms with Gasteiger partial charge in [0.1, 0.15) is 0 Å². The van der Waals surface area contributed by atoms with Crippen molar-refractivity contribution in [3.05, 3.63) is 40.3 Å². The quantitative estimate of drug-likeness (QED) is 0.652. The van der Waals surface area contributed by atoms with E-state index in [1.54, 1.807) is 12.1 Å². The summed E-state index contributed by atoms with van der Waals surface area (Å²) in [4.78, 5) is 14.4. The molecule has 1 atom stereocenters. The van der Waals surface area contributed by atoms with Crippen LogP contribution in [0.15, 0.2) is 28.8 Å². The van der Waals surface area contributed by atoms with Crippen LogP contribution in [0.25, 0.3) is 11.4 Å². The van der Waals surface area contributed by atoms with Crippen molar-refractivity contribution in [2.75, 3.05) is 6.54 Å². The minimum atomic E-state index is -0.450. The highest BCUT2D eigenvalue weighted by atomic mass is 16.6. The van der Waals surface area contributed by atoms with Crippen molar-refractivity contribution in [1.82, 2.24) is 10.1 Å². The molecule has 0 spiro atoms. The van der Waals surface area contributed by atoms with E-state index in [-0.39, 0.29) is 11.6 Å². The molecule has 0 fully saturated rings. The van der Waals surface area contributed by atoms with E-state index in [0.29, 0.717) is 23.8 Å². The van der Waals surface area contributed by atoms with Crippen LogP contribution in [0.2, 0.25) is 0 Å². The summed E-state index contributed by atoms with van der Waals surface area (Å²) >= 11 is 0. The lowest BCUT2D eigenvalue weighted by atomic mass is 10.1. The third-order valence-electron chi connectivity index (χ3n) is 2.80. The van der Waals surface area contributed by atoms with Crippen LogP contribution in [0.3, 0.4) is 0 Å². The Morgan fingerprint density at radius 2 is 2.11 bits per heavy atom. The molecule has 1 aromatic heterocycles. The zero-order valence-corrected chi connectivity index (χ0v) is 10.4. The molecular formula is C12H14N4O3. The molecule has 7 nitrogen and oxygen atoms in total. The standard InChI is InChI=1S/C12H14N4O3/c1-8(6-7-13)12-14-11(15-19-12)9-2-4-10(5-3-9)16(17)18/h2-5,8H,6-7,13H2,1H3. The van der Waals surface area contributed by atoms with Gasteiger partial charge in [-0.15, -0.1) is 0 Å². The Balaban J connectivity index is 2.20. The van der Waals surface area contributed by atoms with E-state index in [1.165, 1.54) is 12.1 Å². The summed E-state index contributed by atoms with van der Waals surface area (Å²) in [5.41, 5.74) is 6.19. The normalized spacial score (nSPS) is 12.3. The van der Waals surface area contributed by atoms with Gasteiger partial charge in [0.2, 0.25) is 11.7 Å². The van der Waals surface area contributed by atoms with Crippen molar-refractivity contribution in [2.45, 2.75) is 19.3 Å². The lowest BCUT2D eigenvalue weighted by Crippen LogP contribution is -2.04. The maximum absolute atomic E-state index is 10.6. The Morgan fingerprint density at radius 3 is 2.68 bits per heavy atom. The van der Waals surface area contributed by atoms with Gasteiger partial charge in [0.15, 0.2) is 0 Å². The Labute approximate surface area is 109 Å². The molecule has 2 N–H and O–H groups in total. The van der Waals surface area contributed by atoms with E-state index in [1.807, 2.05) is 6.92 Å². The fraction of sp³-hybridized carbons (Fsp3) is 0.333. The number of benzene rings is 1. The van der Waals surface area contributed by atoms with Crippen molar-refractivity contribution >= 4 is 5.69 Å². The lowest BCUT2D eigenvalue weighted by Gasteiger charge is -2.01. The van der Waals surface area contributed by atoms with Gasteiger partial charge in [0, 0.05) is 23.6 Å². The summed E-state index contributed by atoms with van der Waals surface area (Å²) < 4.78 is 5.16. The maximum atomic E-state index is 10.6. The number of nitrogens with two attached hydrogens (primary N) is 1. The molecule has 0 saturated heterocycles. The molecule has 19 heavy (non-hydrogen) atoms. The molecule has 2 rings (SSSR count). The van der Waals surface area contributed by atoms with Gasteiger partial charge in [-0.3, -0.25) is 10.1 Å². The number of aromatic nitrogens is 2. The van der Waals surface area contributed by atoms with E-state index in [2.05, 4.69) is 10.1 Å². The second-order valence-electron chi connectivity index (χ2n) is 4.24. The van der Waals surface area contributed by atoms with E-state index in [9.17, 15) is 10.1 Å². The van der Waals surface area contributed by atoms with Crippen LogP contribution < -0.4 is 5.73 Å². The van der Waals surface area contributed by atoms with E-state index >= 15 is 0 Å². The maximum Gasteiger partial charge on any atom is 0.269 e. The van der Waals surface area contributed by atoms with Gasteiger partial charge >= 0.3 is 0 Å². The van der Waals surface area contributed by atoms with Gasteiger partial charge in [-0.2, -0.15) is 4.98 Å². The van der Waals surface area contributed by atoms with Crippen LogP contribution in [-0.2, 0) is 0 Å². The molecule has 1 unspecified atom stereocenters. The van der Waals surface area contributed by atoms with Crippen molar-refractivity contribution in [3.63, 3.8) is 0 Å². The number of hydrogen-bond donors (Lipinski definition) is 1. The third-order valence-corrected chi connectivity index (χ3v) is 2.80. The number of rotatable bonds is 5. The second-order valence-corrected chi connectivity index (χ2v) is 4.24. The zero-order valence-electron chi connectivity index (χ0n) is 10.4. The van der Waals surface area contributed by atoms with Gasteiger partial charge in [-0.25, -0.2) is 0 Å². The van der Waals surface area contributed by atoms with Gasteiger partial charge in [-0.05, 0) is 25.1 Å². The fourth-order valence-electron chi connectivity index (χ4n) is 1.66. The number of nitro groups is 1. The second kappa shape index (κ2) is 5.57. The van der Waals surface area contributed by atoms with Gasteiger partial charge < -0.3 is 10.3 Å². The smallest absolute Gasteiger partial charge is 0.269 e. The molecule has 1 heterocycles. The molecule has 1 aromatic carbocycles. The minimum Gasteiger partial charge on any atom is -0.339 e. The summed E-state index contributed by atoms with van der Waals surface area (Å²) in [5.74, 6) is 1.05. The first-order chi connectivity index (χ1) is 9.11. The van der Waals surface area contributed by atoms with E-state index < -0.39 is 4.92 Å². The van der Waals surface area contributed by atoms with Crippen molar-refractivity contribution < 1.29 is 9.45 Å². The topological polar surface area (TPSA) is 108 Å². The Morgan fingerprint density at radius 1 is 1.42 bits per heavy atom. The summed E-state index contributed by atoms with van der Waals surface area (Å²) in [6.45, 7) is 2.51. The number of non-ortho nitro benzene ring substituents is 1. The zero-order chi connectivity index (χ0) is 13.8. The summed E-state index contributed by atoms with van der Waals surface area (Å²) in [6.07, 6.45) is 0.766. The third kappa shape index (κ3) is 2.94. The molecule has 0 aliphatic rings. The Hall–Kier alpha value is -2.28. The Bertz CT molecular complexity index is 565. The van der Waals surface area contributed by atoms with E-state index in [4.69, 9.17) is 10.3 Å². The van der Waals surface area contributed by atoms with Crippen LogP contribution in [0, 0.1) is 10.1 Å². The highest BCUT2D eigenvalue weighted by molar-refractivity contribution is 5.56.